The number of aromatic nitrogens is 1. The molecule has 140 valence electrons. The lowest BCUT2D eigenvalue weighted by molar-refractivity contribution is -0.131. The van der Waals surface area contributed by atoms with E-state index in [1.807, 2.05) is 0 Å². The first-order chi connectivity index (χ1) is 13.1. The van der Waals surface area contributed by atoms with Crippen LogP contribution in [0.5, 0.6) is 0 Å². The number of nitrogens with one attached hydrogen (secondary N) is 1. The lowest BCUT2D eigenvalue weighted by Crippen LogP contribution is -2.39. The molecule has 3 nitrogen and oxygen atoms in total. The first-order valence-corrected chi connectivity index (χ1v) is 9.99. The molecule has 3 aromatic rings. The molecule has 4 rings (SSSR count). The number of piperidine rings is 1. The quantitative estimate of drug-likeness (QED) is 0.712. The first-order valence-electron chi connectivity index (χ1n) is 9.99. The number of carbonyl (C=O) groups excluding carboxylic acids is 1. The number of rotatable bonds is 4. The zero-order valence-corrected chi connectivity index (χ0v) is 16.3. The van der Waals surface area contributed by atoms with Crippen molar-refractivity contribution < 1.29 is 4.79 Å². The van der Waals surface area contributed by atoms with Gasteiger partial charge in [0.1, 0.15) is 0 Å². The summed E-state index contributed by atoms with van der Waals surface area (Å²) in [4.78, 5) is 18.4. The van der Waals surface area contributed by atoms with Gasteiger partial charge in [-0.15, -0.1) is 0 Å². The number of aryl methyl sites for hydroxylation is 2. The van der Waals surface area contributed by atoms with Gasteiger partial charge in [0.15, 0.2) is 0 Å². The zero-order valence-electron chi connectivity index (χ0n) is 16.3. The number of aromatic amines is 1. The van der Waals surface area contributed by atoms with E-state index in [-0.39, 0.29) is 5.91 Å². The molecule has 0 saturated carbocycles. The van der Waals surface area contributed by atoms with Crippen LogP contribution in [0.4, 0.5) is 0 Å². The van der Waals surface area contributed by atoms with Crippen molar-refractivity contribution in [3.63, 3.8) is 0 Å². The van der Waals surface area contributed by atoms with E-state index in [2.05, 4.69) is 72.3 Å². The predicted molar refractivity (Wildman–Crippen MR) is 111 cm³/mol. The van der Waals surface area contributed by atoms with Gasteiger partial charge in [-0.05, 0) is 62.3 Å². The van der Waals surface area contributed by atoms with Gasteiger partial charge in [-0.2, -0.15) is 0 Å². The molecule has 2 aromatic carbocycles. The minimum absolute atomic E-state index is 0.263. The van der Waals surface area contributed by atoms with Gasteiger partial charge in [-0.25, -0.2) is 0 Å². The normalized spacial score (nSPS) is 15.4. The largest absolute Gasteiger partial charge is 0.358 e. The molecule has 1 aliphatic heterocycles. The standard InChI is InChI=1S/C24H28N2O/c1-17-8-9-23-22(14-17)21(18(2)25-23)16-24(27)26-12-10-20(11-13-26)15-19-6-4-3-5-7-19/h3-9,14,20,25H,10-13,15-16H2,1-2H3. The second kappa shape index (κ2) is 7.59. The van der Waals surface area contributed by atoms with Gasteiger partial charge in [0.25, 0.3) is 0 Å². The SMILES string of the molecule is Cc1ccc2[nH]c(C)c(CC(=O)N3CCC(Cc4ccccc4)CC3)c2c1. The number of amides is 1. The number of nitrogens with zero attached hydrogens (tertiary/aromatic N) is 1. The molecule has 1 aromatic heterocycles. The summed E-state index contributed by atoms with van der Waals surface area (Å²) >= 11 is 0. The molecule has 2 heterocycles. The van der Waals surface area contributed by atoms with E-state index in [4.69, 9.17) is 0 Å². The van der Waals surface area contributed by atoms with Crippen molar-refractivity contribution in [3.05, 3.63) is 70.9 Å². The van der Waals surface area contributed by atoms with Crippen molar-refractivity contribution in [1.29, 1.82) is 0 Å². The fraction of sp³-hybridized carbons (Fsp3) is 0.375. The van der Waals surface area contributed by atoms with Gasteiger partial charge in [0.05, 0.1) is 6.42 Å². The highest BCUT2D eigenvalue weighted by Gasteiger charge is 2.24. The molecule has 3 heteroatoms. The Labute approximate surface area is 161 Å². The Balaban J connectivity index is 1.39. The monoisotopic (exact) mass is 360 g/mol. The van der Waals surface area contributed by atoms with Crippen LogP contribution in [0.1, 0.15) is 35.2 Å². The number of likely N-dealkylation sites (tertiary alicyclic amines) is 1. The molecule has 1 aliphatic rings. The molecule has 1 fully saturated rings. The molecular weight excluding hydrogens is 332 g/mol. The molecule has 1 saturated heterocycles. The third-order valence-electron chi connectivity index (χ3n) is 5.94. The van der Waals surface area contributed by atoms with Crippen LogP contribution in [0.3, 0.4) is 0 Å². The fourth-order valence-corrected chi connectivity index (χ4v) is 4.32. The number of benzene rings is 2. The molecule has 0 unspecified atom stereocenters. The smallest absolute Gasteiger partial charge is 0.227 e. The summed E-state index contributed by atoms with van der Waals surface area (Å²) in [7, 11) is 0. The van der Waals surface area contributed by atoms with Gasteiger partial charge in [0, 0.05) is 29.7 Å². The molecule has 27 heavy (non-hydrogen) atoms. The Kier molecular flexibility index (Phi) is 5.02. The summed E-state index contributed by atoms with van der Waals surface area (Å²) in [5, 5.41) is 1.19. The number of hydrogen-bond acceptors (Lipinski definition) is 1. The number of H-pyrrole nitrogens is 1. The highest BCUT2D eigenvalue weighted by atomic mass is 16.2. The first kappa shape index (κ1) is 17.8. The maximum absolute atomic E-state index is 12.9. The summed E-state index contributed by atoms with van der Waals surface area (Å²) in [5.41, 5.74) is 6.04. The Hall–Kier alpha value is -2.55. The van der Waals surface area contributed by atoms with E-state index in [0.717, 1.165) is 49.1 Å². The Morgan fingerprint density at radius 1 is 1.07 bits per heavy atom. The van der Waals surface area contributed by atoms with E-state index in [9.17, 15) is 4.79 Å². The van der Waals surface area contributed by atoms with Crippen molar-refractivity contribution in [1.82, 2.24) is 9.88 Å². The van der Waals surface area contributed by atoms with Crippen LogP contribution in [-0.4, -0.2) is 28.9 Å². The maximum atomic E-state index is 12.9. The summed E-state index contributed by atoms with van der Waals surface area (Å²) < 4.78 is 0. The number of carbonyl (C=O) groups is 1. The summed E-state index contributed by atoms with van der Waals surface area (Å²) in [5.74, 6) is 0.951. The molecule has 0 radical (unpaired) electrons. The Morgan fingerprint density at radius 3 is 2.56 bits per heavy atom. The van der Waals surface area contributed by atoms with Crippen LogP contribution in [0.2, 0.25) is 0 Å². The number of fused-ring (bicyclic) bond motifs is 1. The molecule has 0 spiro atoms. The number of hydrogen-bond donors (Lipinski definition) is 1. The molecule has 0 aliphatic carbocycles. The highest BCUT2D eigenvalue weighted by molar-refractivity contribution is 5.90. The Bertz CT molecular complexity index is 934. The van der Waals surface area contributed by atoms with Crippen molar-refractivity contribution >= 4 is 16.8 Å². The van der Waals surface area contributed by atoms with Crippen molar-refractivity contribution in [2.24, 2.45) is 5.92 Å². The third kappa shape index (κ3) is 3.92. The van der Waals surface area contributed by atoms with Gasteiger partial charge >= 0.3 is 0 Å². The van der Waals surface area contributed by atoms with Gasteiger partial charge in [-0.1, -0.05) is 42.0 Å². The topological polar surface area (TPSA) is 36.1 Å². The van der Waals surface area contributed by atoms with Crippen LogP contribution in [0, 0.1) is 19.8 Å². The fourth-order valence-electron chi connectivity index (χ4n) is 4.32. The van der Waals surface area contributed by atoms with E-state index < -0.39 is 0 Å². The Morgan fingerprint density at radius 2 is 1.81 bits per heavy atom. The molecule has 0 atom stereocenters. The maximum Gasteiger partial charge on any atom is 0.227 e. The second-order valence-electron chi connectivity index (χ2n) is 7.97. The average molecular weight is 361 g/mol. The second-order valence-corrected chi connectivity index (χ2v) is 7.97. The lowest BCUT2D eigenvalue weighted by Gasteiger charge is -2.32. The predicted octanol–water partition coefficient (Wildman–Crippen LogP) is 4.81. The molecule has 1 amide bonds. The van der Waals surface area contributed by atoms with Crippen molar-refractivity contribution in [2.75, 3.05) is 13.1 Å². The van der Waals surface area contributed by atoms with Crippen LogP contribution in [0.25, 0.3) is 10.9 Å². The van der Waals surface area contributed by atoms with E-state index in [1.54, 1.807) is 0 Å². The lowest BCUT2D eigenvalue weighted by atomic mass is 9.90. The minimum atomic E-state index is 0.263. The van der Waals surface area contributed by atoms with Crippen molar-refractivity contribution in [3.8, 4) is 0 Å². The molecular formula is C24H28N2O. The van der Waals surface area contributed by atoms with E-state index >= 15 is 0 Å². The molecule has 0 bridgehead atoms. The van der Waals surface area contributed by atoms with Gasteiger partial charge in [0.2, 0.25) is 5.91 Å². The summed E-state index contributed by atoms with van der Waals surface area (Å²) in [6.07, 6.45) is 3.83. The van der Waals surface area contributed by atoms with E-state index in [1.165, 1.54) is 16.5 Å². The molecule has 1 N–H and O–H groups in total. The minimum Gasteiger partial charge on any atom is -0.358 e. The highest BCUT2D eigenvalue weighted by Crippen LogP contribution is 2.26. The van der Waals surface area contributed by atoms with Crippen LogP contribution >= 0.6 is 0 Å². The van der Waals surface area contributed by atoms with Crippen LogP contribution < -0.4 is 0 Å². The zero-order chi connectivity index (χ0) is 18.8. The summed E-state index contributed by atoms with van der Waals surface area (Å²) in [6.45, 7) is 5.95. The van der Waals surface area contributed by atoms with E-state index in [0.29, 0.717) is 12.3 Å². The van der Waals surface area contributed by atoms with Crippen LogP contribution in [-0.2, 0) is 17.6 Å². The van der Waals surface area contributed by atoms with Crippen molar-refractivity contribution in [2.45, 2.75) is 39.5 Å². The van der Waals surface area contributed by atoms with Gasteiger partial charge in [-0.3, -0.25) is 4.79 Å². The van der Waals surface area contributed by atoms with Crippen LogP contribution in [0.15, 0.2) is 48.5 Å². The third-order valence-corrected chi connectivity index (χ3v) is 5.94. The summed E-state index contributed by atoms with van der Waals surface area (Å²) in [6, 6.07) is 17.1. The average Bonchev–Trinajstić information content (AvgIpc) is 2.98. The van der Waals surface area contributed by atoms with Gasteiger partial charge < -0.3 is 9.88 Å².